The van der Waals surface area contributed by atoms with E-state index in [1.54, 1.807) is 19.0 Å². The van der Waals surface area contributed by atoms with Gasteiger partial charge in [-0.25, -0.2) is 4.99 Å². The number of carbonyl (C=O) groups is 1. The second kappa shape index (κ2) is 13.7. The van der Waals surface area contributed by atoms with E-state index in [2.05, 4.69) is 37.6 Å². The predicted molar refractivity (Wildman–Crippen MR) is 135 cm³/mol. The zero-order valence-electron chi connectivity index (χ0n) is 18.8. The molecular weight excluding hydrogens is 507 g/mol. The average molecular weight is 544 g/mol. The Morgan fingerprint density at radius 3 is 2.52 bits per heavy atom. The average Bonchev–Trinajstić information content (AvgIpc) is 2.80. The minimum atomic E-state index is -0.00400. The van der Waals surface area contributed by atoms with Crippen LogP contribution in [-0.4, -0.2) is 81.3 Å². The first kappa shape index (κ1) is 25.6. The van der Waals surface area contributed by atoms with Crippen LogP contribution in [0.3, 0.4) is 0 Å². The number of carbonyl (C=O) groups excluding carboxylic acids is 1. The number of ether oxygens (including phenoxy) is 1. The molecule has 0 spiro atoms. The van der Waals surface area contributed by atoms with Gasteiger partial charge in [0.2, 0.25) is 5.91 Å². The van der Waals surface area contributed by atoms with Crippen LogP contribution in [0.5, 0.6) is 0 Å². The van der Waals surface area contributed by atoms with E-state index in [4.69, 9.17) is 4.74 Å². The predicted octanol–water partition coefficient (Wildman–Crippen LogP) is 2.11. The third-order valence-corrected chi connectivity index (χ3v) is 5.84. The van der Waals surface area contributed by atoms with E-state index in [-0.39, 0.29) is 42.5 Å². The van der Waals surface area contributed by atoms with Gasteiger partial charge in [0.15, 0.2) is 5.96 Å². The number of halogens is 1. The number of rotatable bonds is 7. The van der Waals surface area contributed by atoms with Gasteiger partial charge in [-0.2, -0.15) is 0 Å². The Kier molecular flexibility index (Phi) is 11.3. The molecule has 2 saturated heterocycles. The molecule has 1 unspecified atom stereocenters. The van der Waals surface area contributed by atoms with Gasteiger partial charge in [0.25, 0.3) is 0 Å². The quantitative estimate of drug-likeness (QED) is 0.311. The number of aliphatic imine (C=N–C) groups is 1. The van der Waals surface area contributed by atoms with Crippen molar-refractivity contribution in [2.75, 3.05) is 58.3 Å². The molecule has 2 aliphatic heterocycles. The lowest BCUT2D eigenvalue weighted by atomic mass is 9.96. The van der Waals surface area contributed by atoms with E-state index in [1.807, 2.05) is 12.4 Å². The van der Waals surface area contributed by atoms with Crippen LogP contribution in [0.2, 0.25) is 0 Å². The van der Waals surface area contributed by atoms with Crippen molar-refractivity contribution in [2.45, 2.75) is 38.2 Å². The largest absolute Gasteiger partial charge is 0.376 e. The number of piperidine rings is 1. The fourth-order valence-electron chi connectivity index (χ4n) is 3.83. The molecule has 31 heavy (non-hydrogen) atoms. The van der Waals surface area contributed by atoms with Gasteiger partial charge in [-0.15, -0.1) is 24.0 Å². The van der Waals surface area contributed by atoms with Gasteiger partial charge in [0, 0.05) is 65.0 Å². The molecule has 0 bridgehead atoms. The highest BCUT2D eigenvalue weighted by Crippen LogP contribution is 2.22. The van der Waals surface area contributed by atoms with Crippen LogP contribution >= 0.6 is 24.0 Å². The molecule has 1 atom stereocenters. The molecular formula is C22H37IN6O2. The molecule has 2 aliphatic rings. The van der Waals surface area contributed by atoms with Crippen LogP contribution in [0.15, 0.2) is 29.5 Å². The molecule has 1 amide bonds. The Morgan fingerprint density at radius 2 is 1.87 bits per heavy atom. The number of pyridine rings is 1. The molecule has 0 aromatic carbocycles. The maximum Gasteiger partial charge on any atom is 0.243 e. The SMILES string of the molecule is CN(C)C(=O)CN=C(NCC1CCN(c2ccncc2)CC1)NCC1CCCCO1.I. The van der Waals surface area contributed by atoms with Crippen molar-refractivity contribution in [1.82, 2.24) is 20.5 Å². The van der Waals surface area contributed by atoms with Gasteiger partial charge in [-0.05, 0) is 50.2 Å². The first-order valence-corrected chi connectivity index (χ1v) is 11.1. The smallest absolute Gasteiger partial charge is 0.243 e. The van der Waals surface area contributed by atoms with E-state index in [0.29, 0.717) is 11.9 Å². The third-order valence-electron chi connectivity index (χ3n) is 5.84. The van der Waals surface area contributed by atoms with Crippen LogP contribution in [0.25, 0.3) is 0 Å². The van der Waals surface area contributed by atoms with E-state index >= 15 is 0 Å². The van der Waals surface area contributed by atoms with Crippen molar-refractivity contribution in [1.29, 1.82) is 0 Å². The number of hydrogen-bond donors (Lipinski definition) is 2. The maximum absolute atomic E-state index is 12.0. The number of nitrogens with one attached hydrogen (secondary N) is 2. The number of nitrogens with zero attached hydrogens (tertiary/aromatic N) is 4. The molecule has 1 aromatic heterocycles. The van der Waals surface area contributed by atoms with Crippen LogP contribution in [0, 0.1) is 5.92 Å². The number of likely N-dealkylation sites (N-methyl/N-ethyl adjacent to an activating group) is 1. The van der Waals surface area contributed by atoms with E-state index in [0.717, 1.165) is 58.5 Å². The summed E-state index contributed by atoms with van der Waals surface area (Å²) in [6.45, 7) is 4.66. The van der Waals surface area contributed by atoms with E-state index in [9.17, 15) is 4.79 Å². The molecule has 3 rings (SSSR count). The highest BCUT2D eigenvalue weighted by Gasteiger charge is 2.20. The Morgan fingerprint density at radius 1 is 1.16 bits per heavy atom. The summed E-state index contributed by atoms with van der Waals surface area (Å²) in [5, 5.41) is 6.85. The second-order valence-electron chi connectivity index (χ2n) is 8.34. The summed E-state index contributed by atoms with van der Waals surface area (Å²) in [5.41, 5.74) is 1.25. The van der Waals surface area contributed by atoms with Crippen molar-refractivity contribution < 1.29 is 9.53 Å². The van der Waals surface area contributed by atoms with Gasteiger partial charge >= 0.3 is 0 Å². The zero-order valence-corrected chi connectivity index (χ0v) is 21.1. The van der Waals surface area contributed by atoms with Crippen molar-refractivity contribution in [3.63, 3.8) is 0 Å². The minimum Gasteiger partial charge on any atom is -0.376 e. The van der Waals surface area contributed by atoms with Crippen LogP contribution in [0.1, 0.15) is 32.1 Å². The summed E-state index contributed by atoms with van der Waals surface area (Å²) < 4.78 is 5.81. The zero-order chi connectivity index (χ0) is 21.2. The van der Waals surface area contributed by atoms with Crippen LogP contribution < -0.4 is 15.5 Å². The second-order valence-corrected chi connectivity index (χ2v) is 8.34. The Bertz CT molecular complexity index is 674. The highest BCUT2D eigenvalue weighted by molar-refractivity contribution is 14.0. The Hall–Kier alpha value is -1.62. The number of amides is 1. The lowest BCUT2D eigenvalue weighted by Crippen LogP contribution is -2.46. The maximum atomic E-state index is 12.0. The number of guanidine groups is 1. The summed E-state index contributed by atoms with van der Waals surface area (Å²) in [4.78, 5) is 24.6. The van der Waals surface area contributed by atoms with Crippen LogP contribution in [-0.2, 0) is 9.53 Å². The number of hydrogen-bond acceptors (Lipinski definition) is 5. The fourth-order valence-corrected chi connectivity index (χ4v) is 3.83. The lowest BCUT2D eigenvalue weighted by molar-refractivity contribution is -0.127. The molecule has 2 N–H and O–H groups in total. The lowest BCUT2D eigenvalue weighted by Gasteiger charge is -2.34. The van der Waals surface area contributed by atoms with Gasteiger partial charge < -0.3 is 25.2 Å². The topological polar surface area (TPSA) is 82.1 Å². The third kappa shape index (κ3) is 8.80. The van der Waals surface area contributed by atoms with Crippen LogP contribution in [0.4, 0.5) is 5.69 Å². The van der Waals surface area contributed by atoms with Gasteiger partial charge in [-0.1, -0.05) is 0 Å². The monoisotopic (exact) mass is 544 g/mol. The summed E-state index contributed by atoms with van der Waals surface area (Å²) in [6, 6.07) is 4.14. The molecule has 9 heteroatoms. The van der Waals surface area contributed by atoms with E-state index in [1.165, 1.54) is 12.1 Å². The van der Waals surface area contributed by atoms with Gasteiger partial charge in [-0.3, -0.25) is 9.78 Å². The van der Waals surface area contributed by atoms with Gasteiger partial charge in [0.05, 0.1) is 6.10 Å². The molecule has 2 fully saturated rings. The minimum absolute atomic E-state index is 0. The number of anilines is 1. The summed E-state index contributed by atoms with van der Waals surface area (Å²) in [7, 11) is 3.51. The van der Waals surface area contributed by atoms with Crippen molar-refractivity contribution >= 4 is 41.5 Å². The Balaban J connectivity index is 0.00000341. The first-order valence-electron chi connectivity index (χ1n) is 11.1. The molecule has 0 aliphatic carbocycles. The highest BCUT2D eigenvalue weighted by atomic mass is 127. The standard InChI is InChI=1S/C22H36N6O2.HI/c1-27(2)21(29)17-26-22(25-16-20-5-3-4-14-30-20)24-15-18-8-12-28(13-9-18)19-6-10-23-11-7-19;/h6-7,10-11,18,20H,3-5,8-9,12-17H2,1-2H3,(H2,24,25,26);1H. The van der Waals surface area contributed by atoms with Crippen molar-refractivity contribution in [3.8, 4) is 0 Å². The van der Waals surface area contributed by atoms with E-state index < -0.39 is 0 Å². The normalized spacial score (nSPS) is 20.0. The molecule has 3 heterocycles. The molecule has 174 valence electrons. The van der Waals surface area contributed by atoms with Crippen molar-refractivity contribution in [2.24, 2.45) is 10.9 Å². The van der Waals surface area contributed by atoms with Gasteiger partial charge in [0.1, 0.15) is 6.54 Å². The number of aromatic nitrogens is 1. The molecule has 1 aromatic rings. The fraction of sp³-hybridized carbons (Fsp3) is 0.682. The first-order chi connectivity index (χ1) is 14.6. The summed E-state index contributed by atoms with van der Waals surface area (Å²) in [6.07, 6.45) is 9.61. The van der Waals surface area contributed by atoms with Crippen molar-refractivity contribution in [3.05, 3.63) is 24.5 Å². The molecule has 0 radical (unpaired) electrons. The summed E-state index contributed by atoms with van der Waals surface area (Å²) >= 11 is 0. The summed E-state index contributed by atoms with van der Waals surface area (Å²) in [5.74, 6) is 1.29. The molecule has 8 nitrogen and oxygen atoms in total. The Labute approximate surface area is 203 Å². The molecule has 0 saturated carbocycles.